The van der Waals surface area contributed by atoms with Crippen LogP contribution in [0.3, 0.4) is 0 Å². The molecule has 0 aliphatic heterocycles. The van der Waals surface area contributed by atoms with Crippen LogP contribution in [0, 0.1) is 18.6 Å². The molecule has 4 heteroatoms. The van der Waals surface area contributed by atoms with E-state index in [9.17, 15) is 8.78 Å². The predicted molar refractivity (Wildman–Crippen MR) is 66.0 cm³/mol. The molecule has 0 fully saturated rings. The molecule has 0 amide bonds. The summed E-state index contributed by atoms with van der Waals surface area (Å²) in [6.45, 7) is 1.63. The molecule has 0 radical (unpaired) electrons. The van der Waals surface area contributed by atoms with E-state index in [-0.39, 0.29) is 16.5 Å². The second-order valence-electron chi connectivity index (χ2n) is 3.82. The summed E-state index contributed by atoms with van der Waals surface area (Å²) in [5.41, 5.74) is 7.08. The predicted octanol–water partition coefficient (Wildman–Crippen LogP) is 4.18. The second-order valence-corrected chi connectivity index (χ2v) is 4.22. The van der Waals surface area contributed by atoms with E-state index >= 15 is 0 Å². The number of nitrogens with two attached hydrogens (primary N) is 1. The Labute approximate surface area is 103 Å². The average Bonchev–Trinajstić information content (AvgIpc) is 2.27. The Morgan fingerprint density at radius 3 is 2.41 bits per heavy atom. The zero-order chi connectivity index (χ0) is 12.6. The minimum absolute atomic E-state index is 0.0729. The van der Waals surface area contributed by atoms with Gasteiger partial charge in [-0.2, -0.15) is 0 Å². The smallest absolute Gasteiger partial charge is 0.146 e. The monoisotopic (exact) mass is 253 g/mol. The van der Waals surface area contributed by atoms with Gasteiger partial charge in [-0.3, -0.25) is 0 Å². The maximum Gasteiger partial charge on any atom is 0.146 e. The molecule has 0 aromatic heterocycles. The van der Waals surface area contributed by atoms with Crippen LogP contribution in [0.4, 0.5) is 14.5 Å². The summed E-state index contributed by atoms with van der Waals surface area (Å²) in [6, 6.07) is 7.20. The van der Waals surface area contributed by atoms with E-state index in [1.807, 2.05) is 0 Å². The Balaban J connectivity index is 2.60. The van der Waals surface area contributed by atoms with Crippen LogP contribution in [0.25, 0.3) is 11.1 Å². The Morgan fingerprint density at radius 2 is 1.76 bits per heavy atom. The Morgan fingerprint density at radius 1 is 1.06 bits per heavy atom. The first-order valence-corrected chi connectivity index (χ1v) is 5.38. The van der Waals surface area contributed by atoms with Gasteiger partial charge in [0.25, 0.3) is 0 Å². The number of benzene rings is 2. The first-order valence-electron chi connectivity index (χ1n) is 5.00. The van der Waals surface area contributed by atoms with Crippen molar-refractivity contribution in [3.8, 4) is 11.1 Å². The van der Waals surface area contributed by atoms with Crippen LogP contribution in [0.1, 0.15) is 5.56 Å². The van der Waals surface area contributed by atoms with Crippen LogP contribution < -0.4 is 5.73 Å². The van der Waals surface area contributed by atoms with Gasteiger partial charge in [-0.25, -0.2) is 8.78 Å². The zero-order valence-corrected chi connectivity index (χ0v) is 9.85. The summed E-state index contributed by atoms with van der Waals surface area (Å²) in [6.07, 6.45) is 0. The summed E-state index contributed by atoms with van der Waals surface area (Å²) in [5.74, 6) is -0.893. The third kappa shape index (κ3) is 2.24. The van der Waals surface area contributed by atoms with Gasteiger partial charge >= 0.3 is 0 Å². The number of hydrogen-bond acceptors (Lipinski definition) is 1. The maximum atomic E-state index is 13.3. The highest BCUT2D eigenvalue weighted by Gasteiger charge is 2.09. The topological polar surface area (TPSA) is 26.0 Å². The van der Waals surface area contributed by atoms with E-state index in [1.54, 1.807) is 19.1 Å². The Bertz CT molecular complexity index is 582. The first kappa shape index (κ1) is 11.9. The molecule has 0 spiro atoms. The van der Waals surface area contributed by atoms with E-state index in [0.717, 1.165) is 0 Å². The minimum Gasteiger partial charge on any atom is -0.396 e. The molecule has 88 valence electrons. The molecule has 0 bridgehead atoms. The molecule has 0 saturated carbocycles. The van der Waals surface area contributed by atoms with Crippen LogP contribution in [0.15, 0.2) is 30.3 Å². The fraction of sp³-hybridized carbons (Fsp3) is 0.0769. The molecule has 0 heterocycles. The molecule has 0 aliphatic rings. The van der Waals surface area contributed by atoms with Crippen molar-refractivity contribution in [3.63, 3.8) is 0 Å². The lowest BCUT2D eigenvalue weighted by atomic mass is 10.0. The summed E-state index contributed by atoms with van der Waals surface area (Å²) in [5, 5.41) is 0.247. The zero-order valence-electron chi connectivity index (χ0n) is 9.10. The summed E-state index contributed by atoms with van der Waals surface area (Å²) >= 11 is 5.93. The van der Waals surface area contributed by atoms with E-state index in [4.69, 9.17) is 17.3 Å². The number of nitrogen functional groups attached to an aromatic ring is 1. The number of anilines is 1. The number of aryl methyl sites for hydroxylation is 1. The molecule has 0 saturated heterocycles. The number of halogens is 3. The first-order chi connectivity index (χ1) is 7.99. The largest absolute Gasteiger partial charge is 0.396 e. The van der Waals surface area contributed by atoms with E-state index in [2.05, 4.69) is 0 Å². The van der Waals surface area contributed by atoms with Crippen LogP contribution in [0.5, 0.6) is 0 Å². The molecule has 0 aliphatic carbocycles. The third-order valence-corrected chi connectivity index (χ3v) is 2.87. The van der Waals surface area contributed by atoms with E-state index in [0.29, 0.717) is 16.7 Å². The van der Waals surface area contributed by atoms with Gasteiger partial charge in [0, 0.05) is 5.56 Å². The van der Waals surface area contributed by atoms with Crippen LogP contribution >= 0.6 is 11.6 Å². The number of hydrogen-bond donors (Lipinski definition) is 1. The SMILES string of the molecule is Cc1cc(-c2ccc(N)c(F)c2)c(Cl)cc1F. The van der Waals surface area contributed by atoms with Crippen molar-refractivity contribution in [2.24, 2.45) is 0 Å². The van der Waals surface area contributed by atoms with Crippen molar-refractivity contribution >= 4 is 17.3 Å². The van der Waals surface area contributed by atoms with Gasteiger partial charge < -0.3 is 5.73 Å². The lowest BCUT2D eigenvalue weighted by Gasteiger charge is -2.08. The Hall–Kier alpha value is -1.61. The van der Waals surface area contributed by atoms with E-state index < -0.39 is 5.82 Å². The van der Waals surface area contributed by atoms with Crippen molar-refractivity contribution in [2.45, 2.75) is 6.92 Å². The van der Waals surface area contributed by atoms with Gasteiger partial charge in [0.05, 0.1) is 10.7 Å². The van der Waals surface area contributed by atoms with Crippen molar-refractivity contribution in [1.29, 1.82) is 0 Å². The molecule has 0 unspecified atom stereocenters. The lowest BCUT2D eigenvalue weighted by molar-refractivity contribution is 0.619. The standard InChI is InChI=1S/C13H10ClF2N/c1-7-4-9(10(14)6-11(7)15)8-2-3-13(17)12(16)5-8/h2-6H,17H2,1H3. The molecule has 2 aromatic rings. The molecule has 2 N–H and O–H groups in total. The lowest BCUT2D eigenvalue weighted by Crippen LogP contribution is -1.92. The van der Waals surface area contributed by atoms with Crippen molar-refractivity contribution in [1.82, 2.24) is 0 Å². The second kappa shape index (κ2) is 4.34. The highest BCUT2D eigenvalue weighted by Crippen LogP contribution is 2.31. The van der Waals surface area contributed by atoms with Gasteiger partial charge in [0.1, 0.15) is 11.6 Å². The maximum absolute atomic E-state index is 13.3. The summed E-state index contributed by atoms with van der Waals surface area (Å²) in [7, 11) is 0. The van der Waals surface area contributed by atoms with Crippen molar-refractivity contribution in [3.05, 3.63) is 52.6 Å². The molecule has 2 rings (SSSR count). The molecule has 2 aromatic carbocycles. The van der Waals surface area contributed by atoms with Crippen LogP contribution in [-0.4, -0.2) is 0 Å². The highest BCUT2D eigenvalue weighted by atomic mass is 35.5. The molecule has 0 atom stereocenters. The Kier molecular flexibility index (Phi) is 3.03. The average molecular weight is 254 g/mol. The third-order valence-electron chi connectivity index (χ3n) is 2.56. The molecular formula is C13H10ClF2N. The quantitative estimate of drug-likeness (QED) is 0.758. The highest BCUT2D eigenvalue weighted by molar-refractivity contribution is 6.33. The minimum atomic E-state index is -0.513. The van der Waals surface area contributed by atoms with Gasteiger partial charge in [-0.15, -0.1) is 0 Å². The fourth-order valence-electron chi connectivity index (χ4n) is 1.57. The molecule has 17 heavy (non-hydrogen) atoms. The fourth-order valence-corrected chi connectivity index (χ4v) is 1.83. The summed E-state index contributed by atoms with van der Waals surface area (Å²) < 4.78 is 26.6. The van der Waals surface area contributed by atoms with Crippen LogP contribution in [0.2, 0.25) is 5.02 Å². The van der Waals surface area contributed by atoms with Gasteiger partial charge in [0.2, 0.25) is 0 Å². The number of rotatable bonds is 1. The van der Waals surface area contributed by atoms with Gasteiger partial charge in [-0.05, 0) is 42.3 Å². The van der Waals surface area contributed by atoms with Crippen LogP contribution in [-0.2, 0) is 0 Å². The van der Waals surface area contributed by atoms with Gasteiger partial charge in [0.15, 0.2) is 0 Å². The van der Waals surface area contributed by atoms with Gasteiger partial charge in [-0.1, -0.05) is 17.7 Å². The molecular weight excluding hydrogens is 244 g/mol. The van der Waals surface area contributed by atoms with Crippen molar-refractivity contribution < 1.29 is 8.78 Å². The van der Waals surface area contributed by atoms with E-state index in [1.165, 1.54) is 18.2 Å². The summed E-state index contributed by atoms with van der Waals surface area (Å²) in [4.78, 5) is 0. The van der Waals surface area contributed by atoms with Crippen molar-refractivity contribution in [2.75, 3.05) is 5.73 Å². The molecule has 1 nitrogen and oxygen atoms in total. The normalized spacial score (nSPS) is 10.6.